The lowest BCUT2D eigenvalue weighted by Gasteiger charge is -2.06. The Balaban J connectivity index is 0.000000202. The first kappa shape index (κ1) is 24.1. The van der Waals surface area contributed by atoms with Crippen molar-refractivity contribution in [2.45, 2.75) is 12.8 Å². The maximum Gasteiger partial charge on any atom is 0.224 e. The van der Waals surface area contributed by atoms with E-state index in [-0.39, 0.29) is 30.4 Å². The van der Waals surface area contributed by atoms with E-state index in [0.717, 1.165) is 22.5 Å². The number of hydrogen-bond acceptors (Lipinski definition) is 3. The van der Waals surface area contributed by atoms with Crippen molar-refractivity contribution in [2.75, 3.05) is 10.6 Å². The van der Waals surface area contributed by atoms with E-state index in [1.54, 1.807) is 0 Å². The molecule has 34 heavy (non-hydrogen) atoms. The molecule has 0 unspecified atom stereocenters. The van der Waals surface area contributed by atoms with Gasteiger partial charge in [0.05, 0.1) is 0 Å². The van der Waals surface area contributed by atoms with Gasteiger partial charge in [-0.25, -0.2) is 0 Å². The highest BCUT2D eigenvalue weighted by Gasteiger charge is 2.08. The molecule has 0 aliphatic rings. The molecule has 0 bridgehead atoms. The Labute approximate surface area is 199 Å². The van der Waals surface area contributed by atoms with Gasteiger partial charge in [-0.15, -0.1) is 0 Å². The third-order valence-electron chi connectivity index (χ3n) is 4.77. The highest BCUT2D eigenvalue weighted by atomic mass is 16.2. The van der Waals surface area contributed by atoms with Crippen LogP contribution in [0.3, 0.4) is 0 Å². The predicted molar refractivity (Wildman–Crippen MR) is 136 cm³/mol. The van der Waals surface area contributed by atoms with Gasteiger partial charge >= 0.3 is 0 Å². The van der Waals surface area contributed by atoms with Crippen LogP contribution in [0.2, 0.25) is 0 Å². The van der Waals surface area contributed by atoms with Crippen LogP contribution in [0, 0.1) is 0 Å². The van der Waals surface area contributed by atoms with Crippen molar-refractivity contribution >= 4 is 29.0 Å². The quantitative estimate of drug-likeness (QED) is 0.341. The van der Waals surface area contributed by atoms with Crippen LogP contribution in [0.1, 0.15) is 28.8 Å². The van der Waals surface area contributed by atoms with Crippen molar-refractivity contribution < 1.29 is 14.4 Å². The molecule has 4 aromatic rings. The molecule has 0 saturated heterocycles. The second-order valence-electron chi connectivity index (χ2n) is 7.39. The second-order valence-corrected chi connectivity index (χ2v) is 7.39. The summed E-state index contributed by atoms with van der Waals surface area (Å²) in [6.45, 7) is 0. The molecule has 4 aromatic carbocycles. The number of anilines is 2. The Kier molecular flexibility index (Phi) is 9.32. The first-order valence-electron chi connectivity index (χ1n) is 11.0. The summed E-state index contributed by atoms with van der Waals surface area (Å²) in [5.41, 5.74) is 2.94. The second kappa shape index (κ2) is 13.1. The molecule has 0 aliphatic heterocycles. The molecule has 5 heteroatoms. The van der Waals surface area contributed by atoms with E-state index in [4.69, 9.17) is 0 Å². The van der Waals surface area contributed by atoms with E-state index in [0.29, 0.717) is 0 Å². The fourth-order valence-electron chi connectivity index (χ4n) is 3.06. The van der Waals surface area contributed by atoms with Crippen LogP contribution in [0.25, 0.3) is 0 Å². The largest absolute Gasteiger partial charge is 0.326 e. The normalized spacial score (nSPS) is 9.76. The maximum atomic E-state index is 11.8. The summed E-state index contributed by atoms with van der Waals surface area (Å²) < 4.78 is 0. The third kappa shape index (κ3) is 8.20. The third-order valence-corrected chi connectivity index (χ3v) is 4.77. The van der Waals surface area contributed by atoms with Gasteiger partial charge in [-0.3, -0.25) is 14.4 Å². The summed E-state index contributed by atoms with van der Waals surface area (Å²) >= 11 is 0. The summed E-state index contributed by atoms with van der Waals surface area (Å²) in [5, 5.41) is 5.48. The van der Waals surface area contributed by atoms with Crippen LogP contribution in [-0.4, -0.2) is 17.6 Å². The molecule has 0 aromatic heterocycles. The minimum absolute atomic E-state index is 0.0752. The number of hydrogen-bond donors (Lipinski definition) is 2. The molecule has 0 radical (unpaired) electrons. The molecule has 170 valence electrons. The molecular weight excluding hydrogens is 424 g/mol. The van der Waals surface area contributed by atoms with E-state index < -0.39 is 0 Å². The zero-order valence-corrected chi connectivity index (χ0v) is 18.7. The fraction of sp³-hybridized carbons (Fsp3) is 0.0690. The van der Waals surface area contributed by atoms with Crippen LogP contribution in [-0.2, 0) is 9.59 Å². The average molecular weight is 451 g/mol. The van der Waals surface area contributed by atoms with Crippen molar-refractivity contribution in [2.24, 2.45) is 0 Å². The van der Waals surface area contributed by atoms with E-state index in [2.05, 4.69) is 10.6 Å². The number of carbonyl (C=O) groups is 3. The Bertz CT molecular complexity index is 1080. The lowest BCUT2D eigenvalue weighted by Crippen LogP contribution is -2.17. The molecule has 5 nitrogen and oxygen atoms in total. The Morgan fingerprint density at radius 1 is 0.441 bits per heavy atom. The van der Waals surface area contributed by atoms with Gasteiger partial charge in [0.15, 0.2) is 5.78 Å². The topological polar surface area (TPSA) is 75.3 Å². The van der Waals surface area contributed by atoms with Crippen molar-refractivity contribution in [3.05, 3.63) is 132 Å². The van der Waals surface area contributed by atoms with Crippen molar-refractivity contribution in [1.29, 1.82) is 0 Å². The molecule has 0 saturated carbocycles. The van der Waals surface area contributed by atoms with Crippen molar-refractivity contribution in [3.63, 3.8) is 0 Å². The van der Waals surface area contributed by atoms with E-state index in [9.17, 15) is 14.4 Å². The zero-order valence-electron chi connectivity index (χ0n) is 18.7. The number of para-hydroxylation sites is 2. The standard InChI is InChI=1S/C16H16N2O2.C13H10O/c19-15(17-13-7-3-1-4-8-13)11-12-16(20)18-14-9-5-2-6-10-14;14-13(11-7-3-1-4-8-11)12-9-5-2-6-10-12/h1-10H,11-12H2,(H,17,19)(H,18,20);1-10H. The van der Waals surface area contributed by atoms with E-state index in [1.807, 2.05) is 121 Å². The van der Waals surface area contributed by atoms with Crippen LogP contribution in [0.4, 0.5) is 11.4 Å². The summed E-state index contributed by atoms with van der Waals surface area (Å²) in [7, 11) is 0. The minimum atomic E-state index is -0.167. The highest BCUT2D eigenvalue weighted by molar-refractivity contribution is 6.08. The molecular formula is C29H26N2O3. The zero-order chi connectivity index (χ0) is 24.0. The number of carbonyl (C=O) groups excluding carboxylic acids is 3. The number of ketones is 1. The van der Waals surface area contributed by atoms with Gasteiger partial charge < -0.3 is 10.6 Å². The average Bonchev–Trinajstić information content (AvgIpc) is 2.90. The van der Waals surface area contributed by atoms with E-state index >= 15 is 0 Å². The molecule has 0 aliphatic carbocycles. The Morgan fingerprint density at radius 2 is 0.735 bits per heavy atom. The Morgan fingerprint density at radius 3 is 1.06 bits per heavy atom. The van der Waals surface area contributed by atoms with Gasteiger partial charge in [0.1, 0.15) is 0 Å². The lowest BCUT2D eigenvalue weighted by molar-refractivity contribution is -0.121. The number of amides is 2. The van der Waals surface area contributed by atoms with Crippen LogP contribution in [0.5, 0.6) is 0 Å². The van der Waals surface area contributed by atoms with Crippen molar-refractivity contribution in [1.82, 2.24) is 0 Å². The van der Waals surface area contributed by atoms with Gasteiger partial charge in [-0.1, -0.05) is 97.1 Å². The summed E-state index contributed by atoms with van der Waals surface area (Å²) in [5.74, 6) is -0.259. The van der Waals surface area contributed by atoms with Gasteiger partial charge in [0, 0.05) is 35.3 Å². The summed E-state index contributed by atoms with van der Waals surface area (Å²) in [6, 6.07) is 37.0. The van der Waals surface area contributed by atoms with Crippen LogP contribution >= 0.6 is 0 Å². The van der Waals surface area contributed by atoms with Crippen LogP contribution in [0.15, 0.2) is 121 Å². The van der Waals surface area contributed by atoms with Crippen LogP contribution < -0.4 is 10.6 Å². The molecule has 0 atom stereocenters. The van der Waals surface area contributed by atoms with E-state index in [1.165, 1.54) is 0 Å². The minimum Gasteiger partial charge on any atom is -0.326 e. The molecule has 2 amide bonds. The SMILES string of the molecule is O=C(CCC(=O)Nc1ccccc1)Nc1ccccc1.O=C(c1ccccc1)c1ccccc1. The Hall–Kier alpha value is -4.51. The first-order valence-corrected chi connectivity index (χ1v) is 11.0. The first-order chi connectivity index (χ1) is 16.6. The van der Waals surface area contributed by atoms with Gasteiger partial charge in [0.2, 0.25) is 11.8 Å². The van der Waals surface area contributed by atoms with Gasteiger partial charge in [0.25, 0.3) is 0 Å². The lowest BCUT2D eigenvalue weighted by atomic mass is 10.0. The molecule has 0 spiro atoms. The molecule has 4 rings (SSSR count). The summed E-state index contributed by atoms with van der Waals surface area (Å²) in [6.07, 6.45) is 0.321. The number of rotatable bonds is 7. The van der Waals surface area contributed by atoms with Crippen molar-refractivity contribution in [3.8, 4) is 0 Å². The molecule has 0 fully saturated rings. The highest BCUT2D eigenvalue weighted by Crippen LogP contribution is 2.09. The van der Waals surface area contributed by atoms with Gasteiger partial charge in [-0.05, 0) is 24.3 Å². The smallest absolute Gasteiger partial charge is 0.224 e. The number of nitrogens with one attached hydrogen (secondary N) is 2. The summed E-state index contributed by atoms with van der Waals surface area (Å²) in [4.78, 5) is 35.2. The molecule has 2 N–H and O–H groups in total. The monoisotopic (exact) mass is 450 g/mol. The fourth-order valence-corrected chi connectivity index (χ4v) is 3.06. The maximum absolute atomic E-state index is 11.8. The van der Waals surface area contributed by atoms with Gasteiger partial charge in [-0.2, -0.15) is 0 Å². The molecule has 0 heterocycles. The predicted octanol–water partition coefficient (Wildman–Crippen LogP) is 5.96. The number of benzene rings is 4.